The molecular formula is C18H26ClN2O2+. The molecule has 1 aromatic carbocycles. The average Bonchev–Trinajstić information content (AvgIpc) is 3.04. The lowest BCUT2D eigenvalue weighted by Crippen LogP contribution is -3.11. The van der Waals surface area contributed by atoms with Crippen LogP contribution in [0.25, 0.3) is 0 Å². The zero-order valence-corrected chi connectivity index (χ0v) is 14.2. The van der Waals surface area contributed by atoms with Crippen LogP contribution in [0.4, 0.5) is 0 Å². The number of quaternary nitrogens is 1. The zero-order chi connectivity index (χ0) is 16.2. The Morgan fingerprint density at radius 2 is 1.91 bits per heavy atom. The van der Waals surface area contributed by atoms with Crippen LogP contribution in [-0.2, 0) is 11.3 Å². The molecule has 2 fully saturated rings. The number of rotatable bonds is 4. The number of hydrogen-bond donors (Lipinski definition) is 3. The summed E-state index contributed by atoms with van der Waals surface area (Å²) in [6.45, 7) is 2.70. The molecule has 2 aliphatic rings. The van der Waals surface area contributed by atoms with Gasteiger partial charge >= 0.3 is 0 Å². The molecule has 0 bridgehead atoms. The third-order valence-electron chi connectivity index (χ3n) is 5.25. The Morgan fingerprint density at radius 1 is 1.22 bits per heavy atom. The lowest BCUT2D eigenvalue weighted by atomic mass is 9.95. The van der Waals surface area contributed by atoms with Crippen molar-refractivity contribution < 1.29 is 14.8 Å². The summed E-state index contributed by atoms with van der Waals surface area (Å²) >= 11 is 6.01. The van der Waals surface area contributed by atoms with E-state index in [0.717, 1.165) is 50.9 Å². The van der Waals surface area contributed by atoms with Crippen LogP contribution >= 0.6 is 11.6 Å². The van der Waals surface area contributed by atoms with Crippen LogP contribution in [0.1, 0.15) is 44.1 Å². The number of aromatic hydroxyl groups is 1. The van der Waals surface area contributed by atoms with Gasteiger partial charge < -0.3 is 15.3 Å². The van der Waals surface area contributed by atoms with Gasteiger partial charge in [0.15, 0.2) is 0 Å². The molecule has 1 saturated carbocycles. The van der Waals surface area contributed by atoms with E-state index in [4.69, 9.17) is 11.6 Å². The van der Waals surface area contributed by atoms with E-state index in [1.807, 2.05) is 6.07 Å². The van der Waals surface area contributed by atoms with Crippen molar-refractivity contribution in [1.29, 1.82) is 0 Å². The number of halogens is 1. The number of carbonyl (C=O) groups excluding carboxylic acids is 1. The second-order valence-electron chi connectivity index (χ2n) is 6.96. The number of amides is 1. The van der Waals surface area contributed by atoms with Crippen molar-refractivity contribution in [3.05, 3.63) is 28.8 Å². The minimum absolute atomic E-state index is 0.160. The Kier molecular flexibility index (Phi) is 5.44. The first kappa shape index (κ1) is 16.6. The maximum atomic E-state index is 12.3. The molecule has 1 amide bonds. The summed E-state index contributed by atoms with van der Waals surface area (Å²) in [5, 5.41) is 13.8. The fraction of sp³-hybridized carbons (Fsp3) is 0.611. The molecule has 0 radical (unpaired) electrons. The van der Waals surface area contributed by atoms with E-state index in [1.54, 1.807) is 12.1 Å². The minimum atomic E-state index is 0.160. The first-order chi connectivity index (χ1) is 11.1. The lowest BCUT2D eigenvalue weighted by Gasteiger charge is -2.29. The second kappa shape index (κ2) is 7.54. The summed E-state index contributed by atoms with van der Waals surface area (Å²) in [7, 11) is 0. The molecule has 0 spiro atoms. The van der Waals surface area contributed by atoms with Gasteiger partial charge in [-0.1, -0.05) is 24.4 Å². The van der Waals surface area contributed by atoms with Crippen LogP contribution in [0.3, 0.4) is 0 Å². The van der Waals surface area contributed by atoms with E-state index >= 15 is 0 Å². The van der Waals surface area contributed by atoms with E-state index in [1.165, 1.54) is 17.7 Å². The summed E-state index contributed by atoms with van der Waals surface area (Å²) in [5.74, 6) is 0.719. The Balaban J connectivity index is 1.48. The summed E-state index contributed by atoms with van der Waals surface area (Å²) in [6.07, 6.45) is 6.63. The predicted molar refractivity (Wildman–Crippen MR) is 90.6 cm³/mol. The number of nitrogens with one attached hydrogen (secondary N) is 2. The van der Waals surface area contributed by atoms with Crippen LogP contribution in [0.15, 0.2) is 18.2 Å². The maximum absolute atomic E-state index is 12.3. The molecule has 1 aliphatic carbocycles. The normalized spacial score (nSPS) is 25.4. The highest BCUT2D eigenvalue weighted by molar-refractivity contribution is 6.30. The quantitative estimate of drug-likeness (QED) is 0.786. The number of piperidine rings is 1. The van der Waals surface area contributed by atoms with Crippen molar-refractivity contribution >= 4 is 17.5 Å². The molecule has 4 nitrogen and oxygen atoms in total. The molecular weight excluding hydrogens is 312 g/mol. The van der Waals surface area contributed by atoms with E-state index < -0.39 is 0 Å². The molecule has 126 valence electrons. The van der Waals surface area contributed by atoms with Gasteiger partial charge in [0.2, 0.25) is 5.91 Å². The summed E-state index contributed by atoms with van der Waals surface area (Å²) in [6, 6.07) is 5.60. The Labute approximate surface area is 142 Å². The van der Waals surface area contributed by atoms with Gasteiger partial charge in [0.25, 0.3) is 0 Å². The standard InChI is InChI=1S/C18H25ClN2O2/c19-15-5-6-17(22)14(11-15)12-21-9-7-13(8-10-21)18(23)20-16-3-1-2-4-16/h5-6,11,13,16,22H,1-4,7-10,12H2,(H,20,23)/p+1. The van der Waals surface area contributed by atoms with E-state index in [-0.39, 0.29) is 11.8 Å². The highest BCUT2D eigenvalue weighted by Crippen LogP contribution is 2.21. The maximum Gasteiger partial charge on any atom is 0.223 e. The topological polar surface area (TPSA) is 53.8 Å². The molecule has 1 heterocycles. The van der Waals surface area contributed by atoms with Crippen LogP contribution in [0.2, 0.25) is 5.02 Å². The smallest absolute Gasteiger partial charge is 0.223 e. The third kappa shape index (κ3) is 4.39. The third-order valence-corrected chi connectivity index (χ3v) is 5.48. The highest BCUT2D eigenvalue weighted by Gasteiger charge is 2.29. The number of benzene rings is 1. The van der Waals surface area contributed by atoms with Crippen molar-refractivity contribution in [3.8, 4) is 5.75 Å². The molecule has 3 N–H and O–H groups in total. The van der Waals surface area contributed by atoms with Gasteiger partial charge in [-0.05, 0) is 31.0 Å². The molecule has 1 aliphatic heterocycles. The number of phenols is 1. The van der Waals surface area contributed by atoms with Gasteiger partial charge in [-0.25, -0.2) is 0 Å². The highest BCUT2D eigenvalue weighted by atomic mass is 35.5. The Hall–Kier alpha value is -1.26. The predicted octanol–water partition coefficient (Wildman–Crippen LogP) is 1.90. The largest absolute Gasteiger partial charge is 0.507 e. The van der Waals surface area contributed by atoms with Crippen molar-refractivity contribution in [2.24, 2.45) is 5.92 Å². The average molecular weight is 338 g/mol. The summed E-state index contributed by atoms with van der Waals surface area (Å²) < 4.78 is 0. The molecule has 1 aromatic rings. The number of likely N-dealkylation sites (tertiary alicyclic amines) is 1. The van der Waals surface area contributed by atoms with Crippen LogP contribution in [0.5, 0.6) is 5.75 Å². The molecule has 3 rings (SSSR count). The fourth-order valence-corrected chi connectivity index (χ4v) is 4.01. The van der Waals surface area contributed by atoms with Crippen molar-refractivity contribution in [3.63, 3.8) is 0 Å². The Bertz CT molecular complexity index is 550. The fourth-order valence-electron chi connectivity index (χ4n) is 3.82. The van der Waals surface area contributed by atoms with Gasteiger partial charge in [0, 0.05) is 35.4 Å². The number of carbonyl (C=O) groups is 1. The first-order valence-corrected chi connectivity index (χ1v) is 9.11. The van der Waals surface area contributed by atoms with Crippen LogP contribution < -0.4 is 10.2 Å². The number of hydrogen-bond acceptors (Lipinski definition) is 2. The van der Waals surface area contributed by atoms with Gasteiger partial charge in [0.05, 0.1) is 13.1 Å². The zero-order valence-electron chi connectivity index (χ0n) is 13.5. The van der Waals surface area contributed by atoms with Crippen molar-refractivity contribution in [2.75, 3.05) is 13.1 Å². The molecule has 23 heavy (non-hydrogen) atoms. The molecule has 5 heteroatoms. The van der Waals surface area contributed by atoms with Crippen LogP contribution in [-0.4, -0.2) is 30.1 Å². The van der Waals surface area contributed by atoms with E-state index in [0.29, 0.717) is 16.8 Å². The molecule has 0 aromatic heterocycles. The van der Waals surface area contributed by atoms with E-state index in [2.05, 4.69) is 5.32 Å². The summed E-state index contributed by atoms with van der Waals surface area (Å²) in [4.78, 5) is 13.7. The van der Waals surface area contributed by atoms with Gasteiger partial charge in [0.1, 0.15) is 12.3 Å². The molecule has 0 unspecified atom stereocenters. The first-order valence-electron chi connectivity index (χ1n) is 8.73. The van der Waals surface area contributed by atoms with Crippen LogP contribution in [0, 0.1) is 5.92 Å². The van der Waals surface area contributed by atoms with Gasteiger partial charge in [-0.3, -0.25) is 4.79 Å². The monoisotopic (exact) mass is 337 g/mol. The second-order valence-corrected chi connectivity index (χ2v) is 7.40. The summed E-state index contributed by atoms with van der Waals surface area (Å²) in [5.41, 5.74) is 0.890. The minimum Gasteiger partial charge on any atom is -0.507 e. The Morgan fingerprint density at radius 3 is 2.61 bits per heavy atom. The number of phenolic OH excluding ortho intramolecular Hbond substituents is 1. The van der Waals surface area contributed by atoms with Crippen molar-refractivity contribution in [2.45, 2.75) is 51.1 Å². The van der Waals surface area contributed by atoms with Crippen molar-refractivity contribution in [1.82, 2.24) is 5.32 Å². The SMILES string of the molecule is O=C(NC1CCCC1)C1CC[NH+](Cc2cc(Cl)ccc2O)CC1. The van der Waals surface area contributed by atoms with Gasteiger partial charge in [-0.2, -0.15) is 0 Å². The lowest BCUT2D eigenvalue weighted by molar-refractivity contribution is -0.919. The van der Waals surface area contributed by atoms with Gasteiger partial charge in [-0.15, -0.1) is 0 Å². The van der Waals surface area contributed by atoms with E-state index in [9.17, 15) is 9.90 Å². The molecule has 1 saturated heterocycles. The molecule has 0 atom stereocenters.